The molecule has 186 valence electrons. The summed E-state index contributed by atoms with van der Waals surface area (Å²) in [5.41, 5.74) is 11.4. The molecule has 2 aliphatic rings. The minimum absolute atomic E-state index is 0.0475. The largest absolute Gasteiger partial charge is 0.573 e. The van der Waals surface area contributed by atoms with E-state index in [0.717, 1.165) is 12.8 Å². The molecule has 0 amide bonds. The maximum absolute atomic E-state index is 11.6. The summed E-state index contributed by atoms with van der Waals surface area (Å²) < 4.78 is 44.5. The first-order valence-electron chi connectivity index (χ1n) is 11.5. The fourth-order valence-corrected chi connectivity index (χ4v) is 4.86. The van der Waals surface area contributed by atoms with Crippen molar-refractivity contribution in [1.29, 1.82) is 0 Å². The number of ether oxygens (including phenoxy) is 2. The van der Waals surface area contributed by atoms with Crippen molar-refractivity contribution in [2.75, 3.05) is 6.61 Å². The first-order chi connectivity index (χ1) is 16.7. The standard InChI is InChI=1S/C20H23NO2.C7H5F3OS/c21-17-11-12-23-20(19(17)22)18-15-7-3-1-5-13(15)9-10-14-6-2-4-8-16(14)18;8-7(9,10)11-5-1-3-6(12)4-2-5/h1-8,17-20,22H,9-12,21H2;1-4,12H. The van der Waals surface area contributed by atoms with E-state index in [-0.39, 0.29) is 23.8 Å². The number of hydrogen-bond donors (Lipinski definition) is 3. The van der Waals surface area contributed by atoms with Gasteiger partial charge in [0.15, 0.2) is 0 Å². The number of rotatable bonds is 2. The topological polar surface area (TPSA) is 64.7 Å². The van der Waals surface area contributed by atoms with Crippen LogP contribution in [0.15, 0.2) is 77.7 Å². The third-order valence-electron chi connectivity index (χ3n) is 6.38. The number of halogens is 3. The molecule has 3 atom stereocenters. The Kier molecular flexibility index (Phi) is 8.06. The van der Waals surface area contributed by atoms with Gasteiger partial charge in [0.05, 0.1) is 12.2 Å². The third-order valence-corrected chi connectivity index (χ3v) is 6.68. The Morgan fingerprint density at radius 3 is 1.97 bits per heavy atom. The number of aryl methyl sites for hydroxylation is 2. The van der Waals surface area contributed by atoms with Crippen LogP contribution in [-0.4, -0.2) is 36.3 Å². The van der Waals surface area contributed by atoms with Crippen molar-refractivity contribution in [2.24, 2.45) is 5.73 Å². The Bertz CT molecular complexity index is 1080. The van der Waals surface area contributed by atoms with Gasteiger partial charge < -0.3 is 20.3 Å². The van der Waals surface area contributed by atoms with Gasteiger partial charge in [-0.3, -0.25) is 0 Å². The van der Waals surface area contributed by atoms with Gasteiger partial charge >= 0.3 is 6.36 Å². The molecule has 0 aromatic heterocycles. The molecule has 35 heavy (non-hydrogen) atoms. The van der Waals surface area contributed by atoms with Gasteiger partial charge in [0.2, 0.25) is 0 Å². The molecule has 1 saturated heterocycles. The second-order valence-electron chi connectivity index (χ2n) is 8.70. The van der Waals surface area contributed by atoms with E-state index >= 15 is 0 Å². The summed E-state index contributed by atoms with van der Waals surface area (Å²) >= 11 is 3.91. The van der Waals surface area contributed by atoms with Crippen LogP contribution < -0.4 is 10.5 Å². The summed E-state index contributed by atoms with van der Waals surface area (Å²) in [5.74, 6) is -0.188. The van der Waals surface area contributed by atoms with E-state index in [0.29, 0.717) is 17.9 Å². The third kappa shape index (κ3) is 6.38. The molecule has 3 unspecified atom stereocenters. The second-order valence-corrected chi connectivity index (χ2v) is 9.21. The average molecular weight is 504 g/mol. The molecule has 1 fully saturated rings. The van der Waals surface area contributed by atoms with E-state index in [2.05, 4.69) is 65.9 Å². The molecule has 8 heteroatoms. The molecule has 1 heterocycles. The Balaban J connectivity index is 0.000000204. The number of aliphatic hydroxyl groups is 1. The van der Waals surface area contributed by atoms with Crippen LogP contribution in [-0.2, 0) is 17.6 Å². The van der Waals surface area contributed by atoms with Crippen molar-refractivity contribution in [2.45, 2.75) is 54.7 Å². The van der Waals surface area contributed by atoms with Crippen molar-refractivity contribution < 1.29 is 27.8 Å². The van der Waals surface area contributed by atoms with Gasteiger partial charge in [0.1, 0.15) is 5.75 Å². The number of fused-ring (bicyclic) bond motifs is 2. The summed E-state index contributed by atoms with van der Waals surface area (Å²) in [6.07, 6.45) is -2.77. The molecule has 3 N–H and O–H groups in total. The Morgan fingerprint density at radius 1 is 0.886 bits per heavy atom. The van der Waals surface area contributed by atoms with Gasteiger partial charge in [0.25, 0.3) is 0 Å². The van der Waals surface area contributed by atoms with Crippen LogP contribution >= 0.6 is 12.6 Å². The molecule has 4 nitrogen and oxygen atoms in total. The predicted octanol–water partition coefficient (Wildman–Crippen LogP) is 5.27. The minimum Gasteiger partial charge on any atom is -0.406 e. The number of hydrogen-bond acceptors (Lipinski definition) is 5. The summed E-state index contributed by atoms with van der Waals surface area (Å²) in [4.78, 5) is 0.588. The number of nitrogens with two attached hydrogens (primary N) is 1. The normalized spacial score (nSPS) is 22.2. The highest BCUT2D eigenvalue weighted by molar-refractivity contribution is 7.80. The molecule has 0 radical (unpaired) electrons. The van der Waals surface area contributed by atoms with Crippen molar-refractivity contribution in [3.8, 4) is 5.75 Å². The number of benzene rings is 3. The first-order valence-corrected chi connectivity index (χ1v) is 11.9. The van der Waals surface area contributed by atoms with Gasteiger partial charge in [-0.15, -0.1) is 25.8 Å². The van der Waals surface area contributed by atoms with Crippen molar-refractivity contribution in [1.82, 2.24) is 0 Å². The van der Waals surface area contributed by atoms with E-state index in [1.807, 2.05) is 0 Å². The van der Waals surface area contributed by atoms with Gasteiger partial charge in [0, 0.05) is 23.5 Å². The summed E-state index contributed by atoms with van der Waals surface area (Å²) in [6, 6.07) is 22.1. The zero-order valence-electron chi connectivity index (χ0n) is 19.0. The van der Waals surface area contributed by atoms with Gasteiger partial charge in [-0.05, 0) is 65.8 Å². The van der Waals surface area contributed by atoms with Crippen molar-refractivity contribution in [3.63, 3.8) is 0 Å². The Hall–Kier alpha value is -2.52. The lowest BCUT2D eigenvalue weighted by Gasteiger charge is -2.38. The zero-order valence-corrected chi connectivity index (χ0v) is 19.9. The molecule has 0 spiro atoms. The smallest absolute Gasteiger partial charge is 0.406 e. The molecule has 3 aromatic carbocycles. The number of aliphatic hydroxyl groups excluding tert-OH is 1. The average Bonchev–Trinajstić information content (AvgIpc) is 2.99. The lowest BCUT2D eigenvalue weighted by Crippen LogP contribution is -2.51. The van der Waals surface area contributed by atoms with Crippen LogP contribution in [0, 0.1) is 0 Å². The predicted molar refractivity (Wildman–Crippen MR) is 131 cm³/mol. The van der Waals surface area contributed by atoms with Crippen LogP contribution in [0.1, 0.15) is 34.6 Å². The van der Waals surface area contributed by atoms with E-state index < -0.39 is 12.5 Å². The zero-order chi connectivity index (χ0) is 25.0. The van der Waals surface area contributed by atoms with Crippen LogP contribution in [0.3, 0.4) is 0 Å². The van der Waals surface area contributed by atoms with Gasteiger partial charge in [-0.1, -0.05) is 48.5 Å². The van der Waals surface area contributed by atoms with Crippen molar-refractivity contribution >= 4 is 12.6 Å². The van der Waals surface area contributed by atoms with E-state index in [9.17, 15) is 18.3 Å². The molecular formula is C27H28F3NO3S. The highest BCUT2D eigenvalue weighted by Gasteiger charge is 2.40. The fourth-order valence-electron chi connectivity index (χ4n) is 4.72. The summed E-state index contributed by atoms with van der Waals surface area (Å²) in [5, 5.41) is 10.7. The molecular weight excluding hydrogens is 475 g/mol. The van der Waals surface area contributed by atoms with Gasteiger partial charge in [-0.2, -0.15) is 0 Å². The molecule has 1 aliphatic carbocycles. The molecule has 0 bridgehead atoms. The summed E-state index contributed by atoms with van der Waals surface area (Å²) in [6.45, 7) is 0.615. The fraction of sp³-hybridized carbons (Fsp3) is 0.333. The molecule has 1 aliphatic heterocycles. The summed E-state index contributed by atoms with van der Waals surface area (Å²) in [7, 11) is 0. The minimum atomic E-state index is -4.63. The maximum Gasteiger partial charge on any atom is 0.573 e. The maximum atomic E-state index is 11.6. The van der Waals surface area contributed by atoms with E-state index in [1.165, 1.54) is 46.5 Å². The SMILES string of the molecule is FC(F)(F)Oc1ccc(S)cc1.NC1CCOC(C2c3ccccc3CCc3ccccc32)C1O. The second kappa shape index (κ2) is 11.0. The highest BCUT2D eigenvalue weighted by atomic mass is 32.1. The van der Waals surface area contributed by atoms with Crippen LogP contribution in [0.25, 0.3) is 0 Å². The molecule has 0 saturated carbocycles. The molecule has 5 rings (SSSR count). The monoisotopic (exact) mass is 503 g/mol. The first kappa shape index (κ1) is 25.6. The quantitative estimate of drug-likeness (QED) is 0.417. The number of thiol groups is 1. The van der Waals surface area contributed by atoms with Crippen LogP contribution in [0.2, 0.25) is 0 Å². The van der Waals surface area contributed by atoms with Gasteiger partial charge in [-0.25, -0.2) is 0 Å². The van der Waals surface area contributed by atoms with E-state index in [1.54, 1.807) is 0 Å². The lowest BCUT2D eigenvalue weighted by molar-refractivity contribution is -0.274. The Labute approximate surface area is 208 Å². The van der Waals surface area contributed by atoms with Crippen LogP contribution in [0.4, 0.5) is 13.2 Å². The van der Waals surface area contributed by atoms with Crippen molar-refractivity contribution in [3.05, 3.63) is 95.1 Å². The molecule has 3 aromatic rings. The Morgan fingerprint density at radius 2 is 1.43 bits per heavy atom. The highest BCUT2D eigenvalue weighted by Crippen LogP contribution is 2.40. The van der Waals surface area contributed by atoms with Crippen LogP contribution in [0.5, 0.6) is 5.75 Å². The van der Waals surface area contributed by atoms with E-state index in [4.69, 9.17) is 10.5 Å². The number of alkyl halides is 3. The lowest BCUT2D eigenvalue weighted by atomic mass is 9.79.